The summed E-state index contributed by atoms with van der Waals surface area (Å²) in [6.07, 6.45) is 2.21. The Hall–Kier alpha value is -2.89. The predicted octanol–water partition coefficient (Wildman–Crippen LogP) is 4.82. The summed E-state index contributed by atoms with van der Waals surface area (Å²) in [7, 11) is 0. The van der Waals surface area contributed by atoms with Crippen LogP contribution in [0.15, 0.2) is 48.5 Å². The number of carbonyl (C=O) groups is 1. The maximum atomic E-state index is 14.1. The summed E-state index contributed by atoms with van der Waals surface area (Å²) < 4.78 is 25.1. The zero-order valence-electron chi connectivity index (χ0n) is 16.4. The molecule has 0 saturated carbocycles. The predicted molar refractivity (Wildman–Crippen MR) is 105 cm³/mol. The van der Waals surface area contributed by atoms with Crippen LogP contribution < -0.4 is 4.74 Å². The second-order valence-corrected chi connectivity index (χ2v) is 7.66. The van der Waals surface area contributed by atoms with Gasteiger partial charge in [0.25, 0.3) is 5.88 Å². The van der Waals surface area contributed by atoms with E-state index in [0.29, 0.717) is 25.2 Å². The molecule has 1 amide bonds. The molecule has 0 N–H and O–H groups in total. The summed E-state index contributed by atoms with van der Waals surface area (Å²) in [5.41, 5.74) is 2.04. The molecule has 1 aromatic carbocycles. The highest BCUT2D eigenvalue weighted by atomic mass is 19.1. The molecular weight excluding hydrogens is 359 g/mol. The standard InChI is InChI=1S/C22H25FN2O3/c1-22(2,3)28-21(26)25-13-11-17(12-14-25)19-10-9-18(23)20(24-19)27-15-16-7-5-4-6-8-16/h4-11H,12-15H2,1-3H3. The number of benzene rings is 1. The first kappa shape index (κ1) is 19.9. The third-order valence-corrected chi connectivity index (χ3v) is 4.22. The van der Waals surface area contributed by atoms with Gasteiger partial charge in [0.2, 0.25) is 0 Å². The van der Waals surface area contributed by atoms with E-state index in [1.807, 2.05) is 57.2 Å². The molecular formula is C22H25FN2O3. The van der Waals surface area contributed by atoms with Crippen LogP contribution in [0.2, 0.25) is 0 Å². The van der Waals surface area contributed by atoms with Gasteiger partial charge in [-0.3, -0.25) is 0 Å². The minimum Gasteiger partial charge on any atom is -0.471 e. The summed E-state index contributed by atoms with van der Waals surface area (Å²) in [5.74, 6) is -0.511. The van der Waals surface area contributed by atoms with E-state index in [-0.39, 0.29) is 18.6 Å². The molecule has 0 radical (unpaired) electrons. The molecule has 0 bridgehead atoms. The molecule has 3 rings (SSSR count). The van der Waals surface area contributed by atoms with Crippen LogP contribution in [0.4, 0.5) is 9.18 Å². The van der Waals surface area contributed by atoms with Gasteiger partial charge in [0, 0.05) is 13.1 Å². The van der Waals surface area contributed by atoms with Crippen LogP contribution in [-0.4, -0.2) is 34.7 Å². The van der Waals surface area contributed by atoms with Crippen molar-refractivity contribution in [1.29, 1.82) is 0 Å². The quantitative estimate of drug-likeness (QED) is 0.758. The first-order valence-corrected chi connectivity index (χ1v) is 9.32. The van der Waals surface area contributed by atoms with Gasteiger partial charge < -0.3 is 14.4 Å². The third kappa shape index (κ3) is 5.31. The number of ether oxygens (including phenoxy) is 2. The van der Waals surface area contributed by atoms with E-state index in [1.54, 1.807) is 11.0 Å². The van der Waals surface area contributed by atoms with Gasteiger partial charge >= 0.3 is 6.09 Å². The highest BCUT2D eigenvalue weighted by molar-refractivity contribution is 5.72. The molecule has 0 saturated heterocycles. The first-order chi connectivity index (χ1) is 13.3. The minimum absolute atomic E-state index is 0.0168. The smallest absolute Gasteiger partial charge is 0.410 e. The van der Waals surface area contributed by atoms with Gasteiger partial charge in [-0.05, 0) is 50.5 Å². The Morgan fingerprint density at radius 3 is 2.57 bits per heavy atom. The second kappa shape index (κ2) is 8.42. The summed E-state index contributed by atoms with van der Waals surface area (Å²) >= 11 is 0. The van der Waals surface area contributed by atoms with E-state index < -0.39 is 11.4 Å². The van der Waals surface area contributed by atoms with Crippen LogP contribution in [-0.2, 0) is 11.3 Å². The number of nitrogens with zero attached hydrogens (tertiary/aromatic N) is 2. The molecule has 1 aliphatic heterocycles. The fraction of sp³-hybridized carbons (Fsp3) is 0.364. The zero-order valence-corrected chi connectivity index (χ0v) is 16.4. The maximum Gasteiger partial charge on any atom is 0.410 e. The number of halogens is 1. The molecule has 6 heteroatoms. The van der Waals surface area contributed by atoms with Crippen molar-refractivity contribution in [3.8, 4) is 5.88 Å². The van der Waals surface area contributed by atoms with E-state index >= 15 is 0 Å². The Bertz CT molecular complexity index is 860. The van der Waals surface area contributed by atoms with Crippen molar-refractivity contribution in [3.05, 3.63) is 65.6 Å². The summed E-state index contributed by atoms with van der Waals surface area (Å²) in [5, 5.41) is 0. The fourth-order valence-electron chi connectivity index (χ4n) is 2.82. The number of aromatic nitrogens is 1. The topological polar surface area (TPSA) is 51.7 Å². The van der Waals surface area contributed by atoms with Crippen molar-refractivity contribution in [2.24, 2.45) is 0 Å². The Morgan fingerprint density at radius 2 is 1.93 bits per heavy atom. The van der Waals surface area contributed by atoms with E-state index in [0.717, 1.165) is 11.1 Å². The molecule has 1 aliphatic rings. The monoisotopic (exact) mass is 384 g/mol. The van der Waals surface area contributed by atoms with E-state index in [2.05, 4.69) is 4.98 Å². The van der Waals surface area contributed by atoms with Crippen molar-refractivity contribution in [3.63, 3.8) is 0 Å². The molecule has 148 valence electrons. The summed E-state index contributed by atoms with van der Waals surface area (Å²) in [4.78, 5) is 18.1. The lowest BCUT2D eigenvalue weighted by atomic mass is 10.0. The average Bonchev–Trinajstić information content (AvgIpc) is 2.67. The lowest BCUT2D eigenvalue weighted by molar-refractivity contribution is 0.0270. The van der Waals surface area contributed by atoms with Crippen molar-refractivity contribution < 1.29 is 18.7 Å². The number of pyridine rings is 1. The molecule has 0 unspecified atom stereocenters. The van der Waals surface area contributed by atoms with Crippen molar-refractivity contribution >= 4 is 11.7 Å². The largest absolute Gasteiger partial charge is 0.471 e. The number of hydrogen-bond acceptors (Lipinski definition) is 4. The lowest BCUT2D eigenvalue weighted by Gasteiger charge is -2.29. The molecule has 0 atom stereocenters. The number of rotatable bonds is 4. The number of amides is 1. The van der Waals surface area contributed by atoms with Gasteiger partial charge in [0.1, 0.15) is 12.2 Å². The molecule has 1 aromatic heterocycles. The van der Waals surface area contributed by atoms with Crippen LogP contribution in [0.1, 0.15) is 38.4 Å². The van der Waals surface area contributed by atoms with Gasteiger partial charge in [0.15, 0.2) is 5.82 Å². The fourth-order valence-corrected chi connectivity index (χ4v) is 2.82. The van der Waals surface area contributed by atoms with Gasteiger partial charge in [-0.2, -0.15) is 0 Å². The highest BCUT2D eigenvalue weighted by Gasteiger charge is 2.24. The van der Waals surface area contributed by atoms with Gasteiger partial charge in [-0.25, -0.2) is 14.2 Å². The zero-order chi connectivity index (χ0) is 20.1. The lowest BCUT2D eigenvalue weighted by Crippen LogP contribution is -2.39. The maximum absolute atomic E-state index is 14.1. The number of carbonyl (C=O) groups excluding carboxylic acids is 1. The van der Waals surface area contributed by atoms with Crippen LogP contribution >= 0.6 is 0 Å². The van der Waals surface area contributed by atoms with E-state index in [9.17, 15) is 9.18 Å². The average molecular weight is 384 g/mol. The molecule has 0 spiro atoms. The van der Waals surface area contributed by atoms with Crippen LogP contribution in [0.5, 0.6) is 5.88 Å². The molecule has 5 nitrogen and oxygen atoms in total. The normalized spacial score (nSPS) is 14.4. The van der Waals surface area contributed by atoms with Gasteiger partial charge in [-0.1, -0.05) is 36.4 Å². The van der Waals surface area contributed by atoms with Gasteiger partial charge in [-0.15, -0.1) is 0 Å². The summed E-state index contributed by atoms with van der Waals surface area (Å²) in [6.45, 7) is 6.74. The molecule has 0 aliphatic carbocycles. The molecule has 28 heavy (non-hydrogen) atoms. The van der Waals surface area contributed by atoms with Crippen LogP contribution in [0.25, 0.3) is 5.57 Å². The Labute approximate surface area is 164 Å². The molecule has 0 fully saturated rings. The Morgan fingerprint density at radius 1 is 1.18 bits per heavy atom. The van der Waals surface area contributed by atoms with E-state index in [4.69, 9.17) is 9.47 Å². The Kier molecular flexibility index (Phi) is 5.97. The highest BCUT2D eigenvalue weighted by Crippen LogP contribution is 2.25. The third-order valence-electron chi connectivity index (χ3n) is 4.22. The SMILES string of the molecule is CC(C)(C)OC(=O)N1CC=C(c2ccc(F)c(OCc3ccccc3)n2)CC1. The van der Waals surface area contributed by atoms with E-state index in [1.165, 1.54) is 6.07 Å². The van der Waals surface area contributed by atoms with Crippen LogP contribution in [0, 0.1) is 5.82 Å². The number of hydrogen-bond donors (Lipinski definition) is 0. The van der Waals surface area contributed by atoms with Gasteiger partial charge in [0.05, 0.1) is 5.69 Å². The van der Waals surface area contributed by atoms with Crippen molar-refractivity contribution in [1.82, 2.24) is 9.88 Å². The van der Waals surface area contributed by atoms with Crippen molar-refractivity contribution in [2.75, 3.05) is 13.1 Å². The minimum atomic E-state index is -0.523. The van der Waals surface area contributed by atoms with Crippen LogP contribution in [0.3, 0.4) is 0 Å². The second-order valence-electron chi connectivity index (χ2n) is 7.66. The first-order valence-electron chi connectivity index (χ1n) is 9.32. The summed E-state index contributed by atoms with van der Waals surface area (Å²) in [6, 6.07) is 12.6. The Balaban J connectivity index is 1.66. The van der Waals surface area contributed by atoms with Crippen molar-refractivity contribution in [2.45, 2.75) is 39.4 Å². The molecule has 2 aromatic rings. The molecule has 2 heterocycles.